The van der Waals surface area contributed by atoms with Crippen LogP contribution in [0.25, 0.3) is 22.0 Å². The molecular weight excluding hydrogens is 346 g/mol. The van der Waals surface area contributed by atoms with Crippen molar-refractivity contribution in [3.63, 3.8) is 0 Å². The van der Waals surface area contributed by atoms with Crippen LogP contribution >= 0.6 is 0 Å². The molecule has 4 nitrogen and oxygen atoms in total. The number of nitrogens with one attached hydrogen (secondary N) is 1. The van der Waals surface area contributed by atoms with Crippen molar-refractivity contribution in [2.75, 3.05) is 12.4 Å². The normalized spacial score (nSPS) is 16.1. The van der Waals surface area contributed by atoms with Crippen molar-refractivity contribution < 1.29 is 8.78 Å². The van der Waals surface area contributed by atoms with Crippen LogP contribution in [0.15, 0.2) is 47.6 Å². The van der Waals surface area contributed by atoms with E-state index < -0.39 is 11.6 Å². The number of fused-ring (bicyclic) bond motifs is 1. The number of aromatic nitrogens is 2. The van der Waals surface area contributed by atoms with Crippen molar-refractivity contribution in [1.82, 2.24) is 9.97 Å². The molecule has 0 saturated heterocycles. The van der Waals surface area contributed by atoms with Gasteiger partial charge in [-0.15, -0.1) is 0 Å². The Bertz CT molecular complexity index is 1090. The Hall–Kier alpha value is -3.15. The third-order valence-corrected chi connectivity index (χ3v) is 4.71. The molecule has 27 heavy (non-hydrogen) atoms. The van der Waals surface area contributed by atoms with Crippen LogP contribution in [0.1, 0.15) is 23.7 Å². The van der Waals surface area contributed by atoms with Gasteiger partial charge in [0.2, 0.25) is 0 Å². The lowest BCUT2D eigenvalue weighted by atomic mass is 9.97. The molecular formula is C21H18F2N4. The number of aliphatic imine (C=N–C) groups is 1. The molecule has 1 atom stereocenters. The van der Waals surface area contributed by atoms with E-state index in [-0.39, 0.29) is 5.92 Å². The average Bonchev–Trinajstić information content (AvgIpc) is 2.69. The topological polar surface area (TPSA) is 50.2 Å². The number of nitrogens with zero attached hydrogens (tertiary/aromatic N) is 3. The van der Waals surface area contributed by atoms with Crippen molar-refractivity contribution >= 4 is 22.9 Å². The summed E-state index contributed by atoms with van der Waals surface area (Å²) in [4.78, 5) is 13.6. The second-order valence-electron chi connectivity index (χ2n) is 6.52. The molecule has 136 valence electrons. The van der Waals surface area contributed by atoms with Gasteiger partial charge in [0.1, 0.15) is 11.6 Å². The molecule has 4 rings (SSSR count). The molecule has 1 aliphatic rings. The van der Waals surface area contributed by atoms with Gasteiger partial charge in [0.15, 0.2) is 11.6 Å². The zero-order chi connectivity index (χ0) is 19.0. The molecule has 2 heterocycles. The first-order valence-corrected chi connectivity index (χ1v) is 8.70. The SMILES string of the molecule is CNc1nc(C2C=NC=CC2)nc2cc(C)c(-c3ccc(F)c(F)c3)cc12. The fourth-order valence-corrected chi connectivity index (χ4v) is 3.28. The zero-order valence-corrected chi connectivity index (χ0v) is 15.0. The second kappa shape index (κ2) is 6.87. The maximum Gasteiger partial charge on any atom is 0.159 e. The lowest BCUT2D eigenvalue weighted by molar-refractivity contribution is 0.509. The highest BCUT2D eigenvalue weighted by molar-refractivity contribution is 5.94. The Balaban J connectivity index is 1.87. The average molecular weight is 364 g/mol. The third kappa shape index (κ3) is 3.18. The summed E-state index contributed by atoms with van der Waals surface area (Å²) in [5.74, 6) is -0.277. The number of halogens is 2. The molecule has 1 aliphatic heterocycles. The molecule has 0 aliphatic carbocycles. The second-order valence-corrected chi connectivity index (χ2v) is 6.52. The summed E-state index contributed by atoms with van der Waals surface area (Å²) in [5.41, 5.74) is 3.16. The summed E-state index contributed by atoms with van der Waals surface area (Å²) in [6.07, 6.45) is 6.43. The number of aryl methyl sites for hydroxylation is 1. The van der Waals surface area contributed by atoms with E-state index >= 15 is 0 Å². The molecule has 2 aromatic carbocycles. The quantitative estimate of drug-likeness (QED) is 0.712. The van der Waals surface area contributed by atoms with E-state index in [4.69, 9.17) is 4.98 Å². The van der Waals surface area contributed by atoms with Crippen molar-refractivity contribution in [2.45, 2.75) is 19.3 Å². The smallest absolute Gasteiger partial charge is 0.159 e. The van der Waals surface area contributed by atoms with E-state index in [1.165, 1.54) is 6.07 Å². The Labute approximate surface area is 155 Å². The summed E-state index contributed by atoms with van der Waals surface area (Å²) in [6, 6.07) is 7.80. The molecule has 3 aromatic rings. The highest BCUT2D eigenvalue weighted by Gasteiger charge is 2.17. The van der Waals surface area contributed by atoms with Crippen LogP contribution in [0.5, 0.6) is 0 Å². The standard InChI is InChI=1S/C21H18F2N4/c1-12-8-19-16(10-15(12)13-5-6-17(22)18(23)9-13)21(24-2)27-20(26-19)14-4-3-7-25-11-14/h3,5-11,14H,4H2,1-2H3,(H,24,26,27). The molecule has 0 fully saturated rings. The molecule has 0 amide bonds. The Morgan fingerprint density at radius 1 is 1.07 bits per heavy atom. The third-order valence-electron chi connectivity index (χ3n) is 4.71. The van der Waals surface area contributed by atoms with Gasteiger partial charge in [-0.05, 0) is 54.3 Å². The predicted octanol–water partition coefficient (Wildman–Crippen LogP) is 5.00. The van der Waals surface area contributed by atoms with Gasteiger partial charge in [-0.25, -0.2) is 18.7 Å². The van der Waals surface area contributed by atoms with Gasteiger partial charge >= 0.3 is 0 Å². The van der Waals surface area contributed by atoms with E-state index in [0.717, 1.165) is 34.5 Å². The molecule has 0 saturated carbocycles. The number of hydrogen-bond acceptors (Lipinski definition) is 4. The van der Waals surface area contributed by atoms with Gasteiger partial charge in [0, 0.05) is 24.8 Å². The molecule has 0 bridgehead atoms. The lowest BCUT2D eigenvalue weighted by Crippen LogP contribution is -2.09. The summed E-state index contributed by atoms with van der Waals surface area (Å²) >= 11 is 0. The van der Waals surface area contributed by atoms with Crippen molar-refractivity contribution in [3.8, 4) is 11.1 Å². The van der Waals surface area contributed by atoms with Crippen LogP contribution in [0.3, 0.4) is 0 Å². The number of hydrogen-bond donors (Lipinski definition) is 1. The number of rotatable bonds is 3. The van der Waals surface area contributed by atoms with Gasteiger partial charge in [-0.3, -0.25) is 4.99 Å². The zero-order valence-electron chi connectivity index (χ0n) is 15.0. The summed E-state index contributed by atoms with van der Waals surface area (Å²) < 4.78 is 27.0. The highest BCUT2D eigenvalue weighted by Crippen LogP contribution is 2.32. The van der Waals surface area contributed by atoms with Gasteiger partial charge in [0.05, 0.1) is 11.4 Å². The van der Waals surface area contributed by atoms with Crippen LogP contribution < -0.4 is 5.32 Å². The van der Waals surface area contributed by atoms with Crippen LogP contribution in [0, 0.1) is 18.6 Å². The summed E-state index contributed by atoms with van der Waals surface area (Å²) in [6.45, 7) is 1.93. The number of anilines is 1. The molecule has 0 radical (unpaired) electrons. The molecule has 1 unspecified atom stereocenters. The highest BCUT2D eigenvalue weighted by atomic mass is 19.2. The molecule has 0 spiro atoms. The molecule has 6 heteroatoms. The van der Waals surface area contributed by atoms with E-state index in [1.54, 1.807) is 19.3 Å². The minimum absolute atomic E-state index is 0.0395. The molecule has 1 N–H and O–H groups in total. The van der Waals surface area contributed by atoms with Crippen LogP contribution in [-0.4, -0.2) is 23.2 Å². The van der Waals surface area contributed by atoms with E-state index in [9.17, 15) is 8.78 Å². The van der Waals surface area contributed by atoms with Gasteiger partial charge in [-0.1, -0.05) is 12.1 Å². The predicted molar refractivity (Wildman–Crippen MR) is 104 cm³/mol. The van der Waals surface area contributed by atoms with E-state index in [0.29, 0.717) is 17.2 Å². The van der Waals surface area contributed by atoms with E-state index in [1.807, 2.05) is 31.3 Å². The van der Waals surface area contributed by atoms with Crippen LogP contribution in [0.4, 0.5) is 14.6 Å². The van der Waals surface area contributed by atoms with Crippen molar-refractivity contribution in [1.29, 1.82) is 0 Å². The summed E-state index contributed by atoms with van der Waals surface area (Å²) in [5, 5.41) is 3.95. The van der Waals surface area contributed by atoms with Crippen LogP contribution in [-0.2, 0) is 0 Å². The number of benzene rings is 2. The first-order valence-electron chi connectivity index (χ1n) is 8.70. The maximum atomic E-state index is 13.7. The Morgan fingerprint density at radius 2 is 1.93 bits per heavy atom. The Morgan fingerprint density at radius 3 is 2.63 bits per heavy atom. The lowest BCUT2D eigenvalue weighted by Gasteiger charge is -2.16. The fourth-order valence-electron chi connectivity index (χ4n) is 3.28. The maximum absolute atomic E-state index is 13.7. The first-order chi connectivity index (χ1) is 13.1. The minimum atomic E-state index is -0.864. The molecule has 1 aromatic heterocycles. The van der Waals surface area contributed by atoms with Crippen molar-refractivity contribution in [3.05, 3.63) is 65.6 Å². The monoisotopic (exact) mass is 364 g/mol. The van der Waals surface area contributed by atoms with Crippen molar-refractivity contribution in [2.24, 2.45) is 4.99 Å². The van der Waals surface area contributed by atoms with Gasteiger partial charge < -0.3 is 5.32 Å². The van der Waals surface area contributed by atoms with Gasteiger partial charge in [0.25, 0.3) is 0 Å². The first kappa shape index (κ1) is 17.3. The summed E-state index contributed by atoms with van der Waals surface area (Å²) in [7, 11) is 1.80. The fraction of sp³-hybridized carbons (Fsp3) is 0.190. The van der Waals surface area contributed by atoms with Gasteiger partial charge in [-0.2, -0.15) is 0 Å². The van der Waals surface area contributed by atoms with Crippen LogP contribution in [0.2, 0.25) is 0 Å². The minimum Gasteiger partial charge on any atom is -0.373 e. The number of allylic oxidation sites excluding steroid dienone is 1. The Kier molecular flexibility index (Phi) is 4.39. The van der Waals surface area contributed by atoms with E-state index in [2.05, 4.69) is 15.3 Å². The largest absolute Gasteiger partial charge is 0.373 e.